The molecule has 2 heterocycles. The van der Waals surface area contributed by atoms with Gasteiger partial charge in [-0.3, -0.25) is 9.88 Å². The monoisotopic (exact) mass is 507 g/mol. The Bertz CT molecular complexity index is 1300. The summed E-state index contributed by atoms with van der Waals surface area (Å²) in [5.41, 5.74) is 5.82. The number of carbonyl (C=O) groups excluding carboxylic acids is 1. The molecule has 2 aliphatic rings. The molecule has 0 saturated carbocycles. The second kappa shape index (κ2) is 10.6. The van der Waals surface area contributed by atoms with E-state index in [4.69, 9.17) is 4.74 Å². The van der Waals surface area contributed by atoms with Gasteiger partial charge in [-0.05, 0) is 33.7 Å². The number of ether oxygens (including phenoxy) is 1. The van der Waals surface area contributed by atoms with E-state index in [1.54, 1.807) is 0 Å². The Labute approximate surface area is 217 Å². The second-order valence-corrected chi connectivity index (χ2v) is 8.63. The third kappa shape index (κ3) is 4.47. The number of benzene rings is 3. The van der Waals surface area contributed by atoms with Gasteiger partial charge in [0.1, 0.15) is 6.61 Å². The Kier molecular flexibility index (Phi) is 7.60. The standard InChI is InChI=1S/C28H25N3O2.2ClH/c32-28(33-18-25-23-11-5-3-9-21(23)22-10-4-6-12-24(22)25)31-16-15-29-17-26(31)27-20-8-2-1-7-19(20)13-14-30-27;;/h1-14,25-26,29H,15-18H2;2*1H. The lowest BCUT2D eigenvalue weighted by Crippen LogP contribution is -2.49. The second-order valence-electron chi connectivity index (χ2n) is 8.63. The van der Waals surface area contributed by atoms with Crippen molar-refractivity contribution in [2.45, 2.75) is 12.0 Å². The van der Waals surface area contributed by atoms with E-state index in [-0.39, 0.29) is 42.9 Å². The van der Waals surface area contributed by atoms with Crippen molar-refractivity contribution in [1.82, 2.24) is 15.2 Å². The lowest BCUT2D eigenvalue weighted by atomic mass is 9.98. The molecule has 180 valence electrons. The molecule has 0 radical (unpaired) electrons. The SMILES string of the molecule is Cl.Cl.O=C(OCC1c2ccccc2-c2ccccc21)N1CCNCC1c1nccc2ccccc12. The molecule has 7 heteroatoms. The summed E-state index contributed by atoms with van der Waals surface area (Å²) in [6.45, 7) is 2.31. The first kappa shape index (κ1) is 25.0. The predicted octanol–water partition coefficient (Wildman–Crippen LogP) is 5.97. The Balaban J connectivity index is 0.00000144. The molecule has 1 aliphatic carbocycles. The summed E-state index contributed by atoms with van der Waals surface area (Å²) < 4.78 is 5.97. The van der Waals surface area contributed by atoms with Gasteiger partial charge in [0, 0.05) is 37.1 Å². The maximum Gasteiger partial charge on any atom is 0.410 e. The molecule has 1 N–H and O–H groups in total. The zero-order valence-corrected chi connectivity index (χ0v) is 20.7. The first-order valence-corrected chi connectivity index (χ1v) is 11.5. The van der Waals surface area contributed by atoms with Gasteiger partial charge >= 0.3 is 6.09 Å². The van der Waals surface area contributed by atoms with Crippen LogP contribution in [-0.2, 0) is 4.74 Å². The Morgan fingerprint density at radius 3 is 2.31 bits per heavy atom. The molecule has 0 bridgehead atoms. The number of rotatable bonds is 3. The quantitative estimate of drug-likeness (QED) is 0.370. The molecule has 4 aromatic rings. The van der Waals surface area contributed by atoms with Gasteiger partial charge in [0.25, 0.3) is 0 Å². The summed E-state index contributed by atoms with van der Waals surface area (Å²) >= 11 is 0. The van der Waals surface area contributed by atoms with E-state index in [9.17, 15) is 4.79 Å². The lowest BCUT2D eigenvalue weighted by molar-refractivity contribution is 0.0747. The van der Waals surface area contributed by atoms with Crippen LogP contribution in [0.1, 0.15) is 28.8 Å². The fraction of sp³-hybridized carbons (Fsp3) is 0.214. The van der Waals surface area contributed by atoms with Crippen LogP contribution in [0.3, 0.4) is 0 Å². The van der Waals surface area contributed by atoms with Gasteiger partial charge in [0.15, 0.2) is 0 Å². The van der Waals surface area contributed by atoms with Gasteiger partial charge in [-0.2, -0.15) is 0 Å². The van der Waals surface area contributed by atoms with Crippen molar-refractivity contribution in [3.63, 3.8) is 0 Å². The first-order chi connectivity index (χ1) is 16.3. The molecule has 1 unspecified atom stereocenters. The molecule has 1 atom stereocenters. The smallest absolute Gasteiger partial charge is 0.410 e. The van der Waals surface area contributed by atoms with Crippen LogP contribution in [0.25, 0.3) is 21.9 Å². The lowest BCUT2D eigenvalue weighted by Gasteiger charge is -2.35. The van der Waals surface area contributed by atoms with Gasteiger partial charge in [-0.15, -0.1) is 24.8 Å². The number of pyridine rings is 1. The van der Waals surface area contributed by atoms with E-state index < -0.39 is 0 Å². The molecule has 35 heavy (non-hydrogen) atoms. The van der Waals surface area contributed by atoms with Crippen molar-refractivity contribution in [1.29, 1.82) is 0 Å². The van der Waals surface area contributed by atoms with Crippen LogP contribution < -0.4 is 5.32 Å². The van der Waals surface area contributed by atoms with E-state index in [1.807, 2.05) is 29.3 Å². The summed E-state index contributed by atoms with van der Waals surface area (Å²) in [4.78, 5) is 19.8. The van der Waals surface area contributed by atoms with Gasteiger partial charge in [-0.25, -0.2) is 4.79 Å². The third-order valence-corrected chi connectivity index (χ3v) is 6.83. The van der Waals surface area contributed by atoms with Crippen LogP contribution in [0.4, 0.5) is 4.79 Å². The predicted molar refractivity (Wildman–Crippen MR) is 144 cm³/mol. The number of fused-ring (bicyclic) bond motifs is 4. The normalized spacial score (nSPS) is 16.6. The average Bonchev–Trinajstić information content (AvgIpc) is 3.20. The molecular weight excluding hydrogens is 481 g/mol. The minimum absolute atomic E-state index is 0. The highest BCUT2D eigenvalue weighted by molar-refractivity contribution is 5.86. The molecule has 1 saturated heterocycles. The van der Waals surface area contributed by atoms with Gasteiger partial charge in [-0.1, -0.05) is 72.8 Å². The fourth-order valence-corrected chi connectivity index (χ4v) is 5.25. The van der Waals surface area contributed by atoms with Crippen LogP contribution in [0.5, 0.6) is 0 Å². The molecule has 0 spiro atoms. The van der Waals surface area contributed by atoms with E-state index in [0.717, 1.165) is 23.0 Å². The minimum atomic E-state index is -0.280. The van der Waals surface area contributed by atoms with Crippen molar-refractivity contribution >= 4 is 41.7 Å². The number of halogens is 2. The Morgan fingerprint density at radius 1 is 0.914 bits per heavy atom. The van der Waals surface area contributed by atoms with Crippen LogP contribution in [0.2, 0.25) is 0 Å². The zero-order chi connectivity index (χ0) is 22.2. The van der Waals surface area contributed by atoms with Crippen molar-refractivity contribution in [3.8, 4) is 11.1 Å². The summed E-state index contributed by atoms with van der Waals surface area (Å²) in [7, 11) is 0. The van der Waals surface area contributed by atoms with Crippen molar-refractivity contribution < 1.29 is 9.53 Å². The molecule has 1 aliphatic heterocycles. The highest BCUT2D eigenvalue weighted by atomic mass is 35.5. The van der Waals surface area contributed by atoms with E-state index in [0.29, 0.717) is 19.7 Å². The van der Waals surface area contributed by atoms with Crippen LogP contribution in [-0.4, -0.2) is 42.2 Å². The number of aromatic nitrogens is 1. The van der Waals surface area contributed by atoms with Crippen LogP contribution in [0, 0.1) is 0 Å². The highest BCUT2D eigenvalue weighted by Crippen LogP contribution is 2.44. The van der Waals surface area contributed by atoms with E-state index in [2.05, 4.69) is 71.0 Å². The van der Waals surface area contributed by atoms with Gasteiger partial charge in [0.05, 0.1) is 11.7 Å². The zero-order valence-electron chi connectivity index (χ0n) is 19.1. The number of hydrogen-bond acceptors (Lipinski definition) is 4. The summed E-state index contributed by atoms with van der Waals surface area (Å²) in [6, 6.07) is 26.8. The number of nitrogens with zero attached hydrogens (tertiary/aromatic N) is 2. The molecule has 6 rings (SSSR count). The summed E-state index contributed by atoms with van der Waals surface area (Å²) in [5, 5.41) is 5.62. The fourth-order valence-electron chi connectivity index (χ4n) is 5.25. The molecular formula is C28H27Cl2N3O2. The number of piperazine rings is 1. The largest absolute Gasteiger partial charge is 0.448 e. The molecule has 1 aromatic heterocycles. The number of nitrogens with one attached hydrogen (secondary N) is 1. The number of amides is 1. The minimum Gasteiger partial charge on any atom is -0.448 e. The third-order valence-electron chi connectivity index (χ3n) is 6.83. The van der Waals surface area contributed by atoms with Crippen molar-refractivity contribution in [3.05, 3.63) is 102 Å². The first-order valence-electron chi connectivity index (χ1n) is 11.5. The topological polar surface area (TPSA) is 54.5 Å². The molecule has 3 aromatic carbocycles. The summed E-state index contributed by atoms with van der Waals surface area (Å²) in [5.74, 6) is 0.0541. The maximum atomic E-state index is 13.3. The van der Waals surface area contributed by atoms with E-state index >= 15 is 0 Å². The molecule has 1 fully saturated rings. The Morgan fingerprint density at radius 2 is 1.57 bits per heavy atom. The highest BCUT2D eigenvalue weighted by Gasteiger charge is 2.33. The number of carbonyl (C=O) groups is 1. The van der Waals surface area contributed by atoms with Crippen molar-refractivity contribution in [2.75, 3.05) is 26.2 Å². The Hall–Kier alpha value is -3.12. The number of hydrogen-bond donors (Lipinski definition) is 1. The van der Waals surface area contributed by atoms with Gasteiger partial charge in [0.2, 0.25) is 0 Å². The molecule has 5 nitrogen and oxygen atoms in total. The van der Waals surface area contributed by atoms with Gasteiger partial charge < -0.3 is 10.1 Å². The maximum absolute atomic E-state index is 13.3. The van der Waals surface area contributed by atoms with Crippen LogP contribution >= 0.6 is 24.8 Å². The average molecular weight is 508 g/mol. The van der Waals surface area contributed by atoms with E-state index in [1.165, 1.54) is 22.3 Å². The van der Waals surface area contributed by atoms with Crippen molar-refractivity contribution in [2.24, 2.45) is 0 Å². The summed E-state index contributed by atoms with van der Waals surface area (Å²) in [6.07, 6.45) is 1.54. The van der Waals surface area contributed by atoms with Crippen LogP contribution in [0.15, 0.2) is 85.1 Å². The molecule has 1 amide bonds.